The van der Waals surface area contributed by atoms with Crippen LogP contribution in [-0.2, 0) is 10.3 Å². The van der Waals surface area contributed by atoms with Crippen LogP contribution in [0.2, 0.25) is 5.02 Å². The lowest BCUT2D eigenvalue weighted by molar-refractivity contribution is 0.0393. The number of nitrogens with one attached hydrogen (secondary N) is 1. The maximum atomic E-state index is 12.1. The average Bonchev–Trinajstić information content (AvgIpc) is 2.59. The summed E-state index contributed by atoms with van der Waals surface area (Å²) >= 11 is 5.99. The van der Waals surface area contributed by atoms with Crippen LogP contribution in [0.4, 0.5) is 4.79 Å². The van der Waals surface area contributed by atoms with Crippen LogP contribution in [0, 0.1) is 0 Å². The number of rotatable bonds is 6. The van der Waals surface area contributed by atoms with Crippen molar-refractivity contribution in [3.05, 3.63) is 64.7 Å². The highest BCUT2D eigenvalue weighted by molar-refractivity contribution is 6.30. The fourth-order valence-corrected chi connectivity index (χ4v) is 2.82. The Hall–Kier alpha value is -2.24. The third-order valence-electron chi connectivity index (χ3n) is 3.91. The normalized spacial score (nSPS) is 13.7. The van der Waals surface area contributed by atoms with Crippen LogP contribution >= 0.6 is 11.6 Å². The molecule has 1 atom stereocenters. The molecule has 0 bridgehead atoms. The van der Waals surface area contributed by atoms with Gasteiger partial charge in [0.25, 0.3) is 0 Å². The molecule has 0 heterocycles. The summed E-state index contributed by atoms with van der Waals surface area (Å²) in [5, 5.41) is 14.7. The van der Waals surface area contributed by atoms with Gasteiger partial charge in [-0.2, -0.15) is 0 Å². The van der Waals surface area contributed by atoms with Crippen molar-refractivity contribution in [3.8, 4) is 5.75 Å². The molecule has 0 saturated carbocycles. The zero-order chi connectivity index (χ0) is 20.9. The SMILES string of the molecule is CC(C)Oc1ccc(C(O)(CNC(=O)OC(C)(C)C)c2ccc(Cl)cc2)cc1. The van der Waals surface area contributed by atoms with Gasteiger partial charge < -0.3 is 19.9 Å². The van der Waals surface area contributed by atoms with E-state index in [1.165, 1.54) is 0 Å². The largest absolute Gasteiger partial charge is 0.491 e. The third kappa shape index (κ3) is 6.14. The lowest BCUT2D eigenvalue weighted by Crippen LogP contribution is -2.43. The molecule has 152 valence electrons. The average molecular weight is 406 g/mol. The first kappa shape index (κ1) is 22.1. The summed E-state index contributed by atoms with van der Waals surface area (Å²) in [5.41, 5.74) is -0.872. The molecule has 0 aliphatic heterocycles. The van der Waals surface area contributed by atoms with Gasteiger partial charge in [0.15, 0.2) is 0 Å². The molecule has 2 aromatic rings. The Morgan fingerprint density at radius 3 is 2.00 bits per heavy atom. The Balaban J connectivity index is 2.31. The Kier molecular flexibility index (Phi) is 6.96. The summed E-state index contributed by atoms with van der Waals surface area (Å²) in [7, 11) is 0. The monoisotopic (exact) mass is 405 g/mol. The van der Waals surface area contributed by atoms with Crippen LogP contribution in [0.3, 0.4) is 0 Å². The van der Waals surface area contributed by atoms with Crippen LogP contribution in [0.5, 0.6) is 5.75 Å². The van der Waals surface area contributed by atoms with Gasteiger partial charge in [-0.05, 0) is 70.0 Å². The summed E-state index contributed by atoms with van der Waals surface area (Å²) in [6.45, 7) is 9.18. The van der Waals surface area contributed by atoms with Crippen molar-refractivity contribution in [2.75, 3.05) is 6.54 Å². The second kappa shape index (κ2) is 8.84. The van der Waals surface area contributed by atoms with Gasteiger partial charge in [-0.15, -0.1) is 0 Å². The second-order valence-electron chi connectivity index (χ2n) is 7.91. The van der Waals surface area contributed by atoms with Gasteiger partial charge in [0.05, 0.1) is 12.6 Å². The van der Waals surface area contributed by atoms with Gasteiger partial charge in [-0.1, -0.05) is 35.9 Å². The van der Waals surface area contributed by atoms with E-state index < -0.39 is 17.3 Å². The zero-order valence-corrected chi connectivity index (χ0v) is 17.7. The summed E-state index contributed by atoms with van der Waals surface area (Å²) in [6, 6.07) is 14.0. The highest BCUT2D eigenvalue weighted by atomic mass is 35.5. The molecule has 0 fully saturated rings. The minimum Gasteiger partial charge on any atom is -0.491 e. The standard InChI is InChI=1S/C22H28ClNO4/c1-15(2)27-19-12-8-17(9-13-19)22(26,16-6-10-18(23)11-7-16)14-24-20(25)28-21(3,4)5/h6-13,15,26H,14H2,1-5H3,(H,24,25). The van der Waals surface area contributed by atoms with Crippen LogP contribution in [-0.4, -0.2) is 29.4 Å². The molecule has 1 unspecified atom stereocenters. The molecule has 5 nitrogen and oxygen atoms in total. The molecule has 0 aliphatic carbocycles. The summed E-state index contributed by atoms with van der Waals surface area (Å²) < 4.78 is 11.0. The van der Waals surface area contributed by atoms with Crippen molar-refractivity contribution < 1.29 is 19.4 Å². The fourth-order valence-electron chi connectivity index (χ4n) is 2.69. The maximum Gasteiger partial charge on any atom is 0.407 e. The van der Waals surface area contributed by atoms with E-state index in [-0.39, 0.29) is 12.6 Å². The molecule has 28 heavy (non-hydrogen) atoms. The van der Waals surface area contributed by atoms with Crippen molar-refractivity contribution in [3.63, 3.8) is 0 Å². The number of carbonyl (C=O) groups is 1. The predicted octanol–water partition coefficient (Wildman–Crippen LogP) is 4.89. The first-order valence-corrected chi connectivity index (χ1v) is 9.60. The van der Waals surface area contributed by atoms with Gasteiger partial charge in [-0.3, -0.25) is 0 Å². The van der Waals surface area contributed by atoms with Gasteiger partial charge in [0.1, 0.15) is 17.0 Å². The molecular formula is C22H28ClNO4. The van der Waals surface area contributed by atoms with Crippen molar-refractivity contribution in [2.45, 2.75) is 51.9 Å². The molecule has 0 radical (unpaired) electrons. The quantitative estimate of drug-likeness (QED) is 0.718. The number of halogens is 1. The lowest BCUT2D eigenvalue weighted by Gasteiger charge is -2.30. The first-order valence-electron chi connectivity index (χ1n) is 9.22. The predicted molar refractivity (Wildman–Crippen MR) is 111 cm³/mol. The topological polar surface area (TPSA) is 67.8 Å². The maximum absolute atomic E-state index is 12.1. The van der Waals surface area contributed by atoms with E-state index in [1.54, 1.807) is 69.3 Å². The van der Waals surface area contributed by atoms with E-state index in [0.717, 1.165) is 0 Å². The number of carbonyl (C=O) groups excluding carboxylic acids is 1. The number of benzene rings is 2. The van der Waals surface area contributed by atoms with E-state index in [4.69, 9.17) is 21.1 Å². The number of aliphatic hydroxyl groups is 1. The number of alkyl carbamates (subject to hydrolysis) is 1. The molecule has 2 N–H and O–H groups in total. The highest BCUT2D eigenvalue weighted by Gasteiger charge is 2.33. The van der Waals surface area contributed by atoms with E-state index in [0.29, 0.717) is 21.9 Å². The summed E-state index contributed by atoms with van der Waals surface area (Å²) in [6.07, 6.45) is -0.547. The zero-order valence-electron chi connectivity index (χ0n) is 17.0. The van der Waals surface area contributed by atoms with Gasteiger partial charge >= 0.3 is 6.09 Å². The number of hydrogen-bond acceptors (Lipinski definition) is 4. The lowest BCUT2D eigenvalue weighted by atomic mass is 9.86. The van der Waals surface area contributed by atoms with Crippen LogP contribution < -0.4 is 10.1 Å². The summed E-state index contributed by atoms with van der Waals surface area (Å²) in [4.78, 5) is 12.1. The minimum absolute atomic E-state index is 0.0508. The molecule has 0 saturated heterocycles. The Bertz CT molecular complexity index is 782. The van der Waals surface area contributed by atoms with Crippen LogP contribution in [0.25, 0.3) is 0 Å². The van der Waals surface area contributed by atoms with Crippen molar-refractivity contribution in [2.24, 2.45) is 0 Å². The third-order valence-corrected chi connectivity index (χ3v) is 4.16. The molecule has 0 aromatic heterocycles. The molecular weight excluding hydrogens is 378 g/mol. The summed E-state index contributed by atoms with van der Waals surface area (Å²) in [5.74, 6) is 0.706. The van der Waals surface area contributed by atoms with Gasteiger partial charge in [0.2, 0.25) is 0 Å². The minimum atomic E-state index is -1.46. The fraction of sp³-hybridized carbons (Fsp3) is 0.409. The van der Waals surface area contributed by atoms with Crippen molar-refractivity contribution in [1.29, 1.82) is 0 Å². The molecule has 1 amide bonds. The second-order valence-corrected chi connectivity index (χ2v) is 8.35. The Labute approximate surface area is 171 Å². The van der Waals surface area contributed by atoms with E-state index in [1.807, 2.05) is 13.8 Å². The molecule has 0 aliphatic rings. The molecule has 2 aromatic carbocycles. The van der Waals surface area contributed by atoms with Crippen molar-refractivity contribution >= 4 is 17.7 Å². The van der Waals surface area contributed by atoms with E-state index in [2.05, 4.69) is 5.32 Å². The van der Waals surface area contributed by atoms with Crippen LogP contribution in [0.1, 0.15) is 45.7 Å². The van der Waals surface area contributed by atoms with Gasteiger partial charge in [-0.25, -0.2) is 4.79 Å². The molecule has 0 spiro atoms. The number of amides is 1. The first-order chi connectivity index (χ1) is 13.0. The van der Waals surface area contributed by atoms with E-state index in [9.17, 15) is 9.90 Å². The highest BCUT2D eigenvalue weighted by Crippen LogP contribution is 2.31. The van der Waals surface area contributed by atoms with Crippen LogP contribution in [0.15, 0.2) is 48.5 Å². The van der Waals surface area contributed by atoms with Crippen molar-refractivity contribution in [1.82, 2.24) is 5.32 Å². The Morgan fingerprint density at radius 1 is 1.04 bits per heavy atom. The number of hydrogen-bond donors (Lipinski definition) is 2. The smallest absolute Gasteiger partial charge is 0.407 e. The Morgan fingerprint density at radius 2 is 1.54 bits per heavy atom. The molecule has 6 heteroatoms. The van der Waals surface area contributed by atoms with E-state index >= 15 is 0 Å². The number of ether oxygens (including phenoxy) is 2. The molecule has 2 rings (SSSR count). The van der Waals surface area contributed by atoms with Gasteiger partial charge in [0, 0.05) is 5.02 Å².